The molecule has 0 aromatic carbocycles. The van der Waals surface area contributed by atoms with Crippen LogP contribution in [0.4, 0.5) is 0 Å². The molecule has 0 saturated heterocycles. The molecular weight excluding hydrogens is 1320 g/mol. The molecule has 0 spiro atoms. The van der Waals surface area contributed by atoms with Gasteiger partial charge in [0, 0.05) is 139 Å². The topological polar surface area (TPSA) is 416 Å². The molecule has 0 aliphatic carbocycles. The molecule has 8 rings (SSSR count). The van der Waals surface area contributed by atoms with Crippen LogP contribution >= 0.6 is 0 Å². The van der Waals surface area contributed by atoms with Crippen LogP contribution in [0.25, 0.3) is 0 Å². The van der Waals surface area contributed by atoms with Crippen LogP contribution in [0, 0.1) is 0 Å². The number of nitrogens with one attached hydrogen (secondary N) is 8. The molecule has 2 aliphatic rings. The number of hydrogen-bond acceptors (Lipinski definition) is 22. The highest BCUT2D eigenvalue weighted by atomic mass is 16.6. The van der Waals surface area contributed by atoms with Crippen molar-refractivity contribution in [3.63, 3.8) is 0 Å². The van der Waals surface area contributed by atoms with Crippen molar-refractivity contribution in [1.29, 1.82) is 0 Å². The SMILES string of the molecule is COC(=O)CCc1c(Cc2[nH]c(Cc3[nH]c(Cc4[nH]c(Cc5[nH]c(Cc6[nH]c7c(c6CCC(=O)OC)CC(=O)NC7)c(CC(=O)OC)c5CCC(=O)OC)c(CCC(=O)OC)c4CC(=O)OC)c(CC(=O)OC)c3CCC(=O)OC)c(CCC(=O)OC)c2CC(=O)OC)[nH]c2c1CC(=O)NC2. The molecule has 8 N–H and O–H groups in total. The predicted octanol–water partition coefficient (Wildman–Crippen LogP) is 3.45. The number of fused-ring (bicyclic) bond motifs is 2. The molecule has 0 saturated carbocycles. The van der Waals surface area contributed by atoms with Crippen molar-refractivity contribution in [2.45, 2.75) is 161 Å². The highest BCUT2D eigenvalue weighted by Gasteiger charge is 2.33. The third-order valence-corrected chi connectivity index (χ3v) is 18.8. The molecule has 544 valence electrons. The zero-order valence-corrected chi connectivity index (χ0v) is 58.7. The Bertz CT molecular complexity index is 3870. The summed E-state index contributed by atoms with van der Waals surface area (Å²) in [4.78, 5) is 180. The highest BCUT2D eigenvalue weighted by molar-refractivity contribution is 5.83. The normalized spacial score (nSPS) is 12.3. The van der Waals surface area contributed by atoms with Gasteiger partial charge < -0.3 is 87.9 Å². The largest absolute Gasteiger partial charge is 0.469 e. The minimum Gasteiger partial charge on any atom is -0.469 e. The number of esters is 10. The lowest BCUT2D eigenvalue weighted by Crippen LogP contribution is -2.30. The van der Waals surface area contributed by atoms with Gasteiger partial charge in [0.2, 0.25) is 11.8 Å². The van der Waals surface area contributed by atoms with Gasteiger partial charge in [0.1, 0.15) is 0 Å². The van der Waals surface area contributed by atoms with Gasteiger partial charge in [-0.1, -0.05) is 0 Å². The second kappa shape index (κ2) is 35.4. The highest BCUT2D eigenvalue weighted by Crippen LogP contribution is 2.37. The van der Waals surface area contributed by atoms with Crippen LogP contribution < -0.4 is 10.6 Å². The van der Waals surface area contributed by atoms with Crippen molar-refractivity contribution in [3.8, 4) is 0 Å². The van der Waals surface area contributed by atoms with E-state index in [4.69, 9.17) is 47.4 Å². The Balaban J connectivity index is 1.33. The van der Waals surface area contributed by atoms with Crippen molar-refractivity contribution < 1.29 is 105 Å². The van der Waals surface area contributed by atoms with E-state index >= 15 is 0 Å². The van der Waals surface area contributed by atoms with Crippen LogP contribution in [-0.4, -0.2) is 173 Å². The molecule has 0 unspecified atom stereocenters. The molecule has 101 heavy (non-hydrogen) atoms. The van der Waals surface area contributed by atoms with Crippen molar-refractivity contribution >= 4 is 71.5 Å². The maximum Gasteiger partial charge on any atom is 0.310 e. The minimum atomic E-state index is -0.656. The van der Waals surface area contributed by atoms with Crippen molar-refractivity contribution in [2.24, 2.45) is 0 Å². The fraction of sp³-hybridized carbons (Fsp3) is 0.493. The van der Waals surface area contributed by atoms with E-state index < -0.39 is 59.7 Å². The summed E-state index contributed by atoms with van der Waals surface area (Å²) in [6.45, 7) is 0.400. The molecule has 8 heterocycles. The van der Waals surface area contributed by atoms with Gasteiger partial charge in [-0.15, -0.1) is 0 Å². The number of hydrogen-bond donors (Lipinski definition) is 8. The number of aromatic amines is 6. The van der Waals surface area contributed by atoms with Crippen LogP contribution in [0.2, 0.25) is 0 Å². The molecular formula is C71H88N8O22. The number of methoxy groups -OCH3 is 10. The van der Waals surface area contributed by atoms with E-state index in [1.807, 2.05) is 0 Å². The predicted molar refractivity (Wildman–Crippen MR) is 355 cm³/mol. The number of aromatic nitrogens is 6. The van der Waals surface area contributed by atoms with Crippen molar-refractivity contribution in [1.82, 2.24) is 40.5 Å². The zero-order valence-electron chi connectivity index (χ0n) is 58.7. The Morgan fingerprint density at radius 2 is 0.446 bits per heavy atom. The molecule has 30 nitrogen and oxygen atoms in total. The molecule has 2 aliphatic heterocycles. The maximum atomic E-state index is 13.8. The van der Waals surface area contributed by atoms with E-state index in [0.29, 0.717) is 101 Å². The van der Waals surface area contributed by atoms with Crippen LogP contribution in [-0.2, 0) is 227 Å². The second-order valence-electron chi connectivity index (χ2n) is 24.5. The van der Waals surface area contributed by atoms with Gasteiger partial charge in [0.15, 0.2) is 0 Å². The Hall–Kier alpha value is -10.7. The van der Waals surface area contributed by atoms with Gasteiger partial charge in [-0.2, -0.15) is 0 Å². The van der Waals surface area contributed by atoms with E-state index in [0.717, 1.165) is 33.6 Å². The van der Waals surface area contributed by atoms with E-state index in [-0.39, 0.29) is 173 Å². The van der Waals surface area contributed by atoms with E-state index in [2.05, 4.69) is 40.5 Å². The third-order valence-electron chi connectivity index (χ3n) is 18.8. The van der Waals surface area contributed by atoms with Crippen LogP contribution in [0.1, 0.15) is 174 Å². The molecule has 0 atom stereocenters. The molecule has 0 bridgehead atoms. The van der Waals surface area contributed by atoms with Gasteiger partial charge >= 0.3 is 59.7 Å². The monoisotopic (exact) mass is 1400 g/mol. The molecule has 30 heteroatoms. The number of carbonyl (C=O) groups excluding carboxylic acids is 12. The zero-order chi connectivity index (χ0) is 73.2. The number of amides is 2. The summed E-state index contributed by atoms with van der Waals surface area (Å²) in [5.74, 6) is -6.10. The lowest BCUT2D eigenvalue weighted by atomic mass is 9.93. The van der Waals surface area contributed by atoms with Gasteiger partial charge in [-0.25, -0.2) is 0 Å². The average molecular weight is 1410 g/mol. The summed E-state index contributed by atoms with van der Waals surface area (Å²) >= 11 is 0. The Kier molecular flexibility index (Phi) is 26.7. The molecule has 0 radical (unpaired) electrons. The number of carbonyl (C=O) groups is 12. The first kappa shape index (κ1) is 76.1. The van der Waals surface area contributed by atoms with Crippen molar-refractivity contribution in [3.05, 3.63) is 135 Å². The Labute approximate surface area is 581 Å². The third kappa shape index (κ3) is 19.0. The van der Waals surface area contributed by atoms with Crippen molar-refractivity contribution in [2.75, 3.05) is 71.1 Å². The summed E-state index contributed by atoms with van der Waals surface area (Å²) < 4.78 is 51.6. The smallest absolute Gasteiger partial charge is 0.310 e. The molecule has 2 amide bonds. The van der Waals surface area contributed by atoms with Crippen LogP contribution in [0.5, 0.6) is 0 Å². The quantitative estimate of drug-likeness (QED) is 0.0206. The van der Waals surface area contributed by atoms with Gasteiger partial charge in [0.25, 0.3) is 0 Å². The standard InChI is InChI=1S/C71H88N8O22/c1-92-62(82)17-11-36-42-23-60(80)72-34-58(42)78-52(36)31-54-44(25-68(88)98-7)38(13-19-64(84)94-3)48(74-54)29-50-40(15-21-66(86)96-5)46(27-70(90)100-9)56(76-50)33-57-47(28-71(91)101-10)41(16-22-67(87)97-6)51(77-57)30-49-39(14-20-65(85)95-4)45(26-69(89)99-8)55(75-49)32-53-37(12-18-63(83)93-2)43-24-61(81)73-35-59(43)79-53/h74-79H,11-35H2,1-10H3,(H,72,80)(H,73,81). The second-order valence-corrected chi connectivity index (χ2v) is 24.5. The average Bonchev–Trinajstić information content (AvgIpc) is 1.63. The minimum absolute atomic E-state index is 0.00157. The van der Waals surface area contributed by atoms with Gasteiger partial charge in [-0.05, 0) is 105 Å². The fourth-order valence-corrected chi connectivity index (χ4v) is 13.6. The summed E-state index contributed by atoms with van der Waals surface area (Å²) in [6.07, 6.45) is -0.994. The molecule has 6 aromatic rings. The summed E-state index contributed by atoms with van der Waals surface area (Å²) in [5.41, 5.74) is 13.6. The number of H-pyrrole nitrogens is 6. The van der Waals surface area contributed by atoms with Gasteiger partial charge in [-0.3, -0.25) is 57.5 Å². The molecule has 6 aromatic heterocycles. The summed E-state index contributed by atoms with van der Waals surface area (Å²) in [7, 11) is 12.5. The number of ether oxygens (including phenoxy) is 10. The lowest BCUT2D eigenvalue weighted by Gasteiger charge is -2.14. The first-order valence-electron chi connectivity index (χ1n) is 33.0. The first-order valence-corrected chi connectivity index (χ1v) is 33.0. The van der Waals surface area contributed by atoms with E-state index in [1.165, 1.54) is 71.1 Å². The first-order chi connectivity index (χ1) is 48.5. The summed E-state index contributed by atoms with van der Waals surface area (Å²) in [5, 5.41) is 5.72. The lowest BCUT2D eigenvalue weighted by molar-refractivity contribution is -0.141. The fourth-order valence-electron chi connectivity index (χ4n) is 13.6. The Morgan fingerprint density at radius 1 is 0.257 bits per heavy atom. The van der Waals surface area contributed by atoms with Crippen LogP contribution in [0.3, 0.4) is 0 Å². The van der Waals surface area contributed by atoms with E-state index in [9.17, 15) is 57.5 Å². The Morgan fingerprint density at radius 3 is 0.653 bits per heavy atom. The summed E-state index contributed by atoms with van der Waals surface area (Å²) in [6, 6.07) is 0. The molecule has 0 fully saturated rings. The van der Waals surface area contributed by atoms with Crippen LogP contribution in [0.15, 0.2) is 0 Å². The van der Waals surface area contributed by atoms with E-state index in [1.54, 1.807) is 0 Å². The maximum absolute atomic E-state index is 13.8. The number of rotatable bonds is 36. The van der Waals surface area contributed by atoms with Gasteiger partial charge in [0.05, 0.1) is 123 Å².